The van der Waals surface area contributed by atoms with Gasteiger partial charge in [-0.2, -0.15) is 0 Å². The molecule has 5 heteroatoms. The zero-order valence-electron chi connectivity index (χ0n) is 7.20. The molecule has 13 heavy (non-hydrogen) atoms. The smallest absolute Gasteiger partial charge is 0.149 e. The van der Waals surface area contributed by atoms with Crippen LogP contribution in [0.1, 0.15) is 12.8 Å². The van der Waals surface area contributed by atoms with E-state index >= 15 is 0 Å². The summed E-state index contributed by atoms with van der Waals surface area (Å²) in [7, 11) is 0. The van der Waals surface area contributed by atoms with Crippen LogP contribution in [-0.2, 0) is 0 Å². The number of nitrogens with one attached hydrogen (secondary N) is 1. The van der Waals surface area contributed by atoms with Gasteiger partial charge in [0, 0.05) is 13.2 Å². The molecule has 0 aliphatic heterocycles. The highest BCUT2D eigenvalue weighted by molar-refractivity contribution is 6.29. The Hall–Kier alpha value is -0.870. The molecule has 0 saturated heterocycles. The van der Waals surface area contributed by atoms with Crippen LogP contribution in [0.15, 0.2) is 12.4 Å². The Bertz CT molecular complexity index is 257. The highest BCUT2D eigenvalue weighted by Gasteiger charge is 1.94. The van der Waals surface area contributed by atoms with E-state index in [1.165, 1.54) is 6.20 Å². The minimum atomic E-state index is 0.225. The second kappa shape index (κ2) is 5.72. The van der Waals surface area contributed by atoms with E-state index in [1.54, 1.807) is 6.20 Å². The molecule has 4 nitrogen and oxygen atoms in total. The van der Waals surface area contributed by atoms with Crippen molar-refractivity contribution < 1.29 is 5.11 Å². The van der Waals surface area contributed by atoms with Gasteiger partial charge in [-0.05, 0) is 12.8 Å². The zero-order valence-corrected chi connectivity index (χ0v) is 7.96. The molecule has 0 aliphatic rings. The van der Waals surface area contributed by atoms with Crippen molar-refractivity contribution in [2.45, 2.75) is 12.8 Å². The van der Waals surface area contributed by atoms with Crippen molar-refractivity contribution in [2.75, 3.05) is 18.5 Å². The van der Waals surface area contributed by atoms with Gasteiger partial charge in [0.25, 0.3) is 0 Å². The number of unbranched alkanes of at least 4 members (excludes halogenated alkanes) is 1. The van der Waals surface area contributed by atoms with Crippen LogP contribution in [0.25, 0.3) is 0 Å². The van der Waals surface area contributed by atoms with E-state index in [-0.39, 0.29) is 6.61 Å². The summed E-state index contributed by atoms with van der Waals surface area (Å²) in [6.45, 7) is 0.998. The van der Waals surface area contributed by atoms with E-state index < -0.39 is 0 Å². The number of nitrogens with zero attached hydrogens (tertiary/aromatic N) is 2. The standard InChI is InChI=1S/C8H12ClN3O/c9-7-5-10-6-8(12-7)11-3-1-2-4-13/h5-6,13H,1-4H2,(H,11,12). The molecule has 0 radical (unpaired) electrons. The second-order valence-corrected chi connectivity index (χ2v) is 2.97. The molecular formula is C8H12ClN3O. The van der Waals surface area contributed by atoms with Crippen LogP contribution in [0.2, 0.25) is 5.15 Å². The van der Waals surface area contributed by atoms with Crippen LogP contribution in [0.4, 0.5) is 5.82 Å². The SMILES string of the molecule is OCCCCNc1cncc(Cl)n1. The maximum absolute atomic E-state index is 8.53. The minimum absolute atomic E-state index is 0.225. The fourth-order valence-corrected chi connectivity index (χ4v) is 1.03. The molecule has 0 saturated carbocycles. The van der Waals surface area contributed by atoms with E-state index in [2.05, 4.69) is 15.3 Å². The van der Waals surface area contributed by atoms with Gasteiger partial charge in [-0.1, -0.05) is 11.6 Å². The molecule has 1 heterocycles. The topological polar surface area (TPSA) is 58.0 Å². The maximum atomic E-state index is 8.53. The quantitative estimate of drug-likeness (QED) is 0.706. The molecule has 0 spiro atoms. The first-order valence-corrected chi connectivity index (χ1v) is 4.53. The molecule has 0 fully saturated rings. The Labute approximate surface area is 82.0 Å². The van der Waals surface area contributed by atoms with Crippen LogP contribution in [-0.4, -0.2) is 28.2 Å². The fraction of sp³-hybridized carbons (Fsp3) is 0.500. The minimum Gasteiger partial charge on any atom is -0.396 e. The lowest BCUT2D eigenvalue weighted by atomic mass is 10.3. The van der Waals surface area contributed by atoms with E-state index in [0.29, 0.717) is 11.0 Å². The van der Waals surface area contributed by atoms with Crippen molar-refractivity contribution in [1.82, 2.24) is 9.97 Å². The second-order valence-electron chi connectivity index (χ2n) is 2.58. The summed E-state index contributed by atoms with van der Waals surface area (Å²) in [5, 5.41) is 12.0. The highest BCUT2D eigenvalue weighted by Crippen LogP contribution is 2.06. The molecule has 0 bridgehead atoms. The molecule has 1 rings (SSSR count). The van der Waals surface area contributed by atoms with Crippen molar-refractivity contribution in [2.24, 2.45) is 0 Å². The lowest BCUT2D eigenvalue weighted by Crippen LogP contribution is -2.04. The predicted molar refractivity (Wildman–Crippen MR) is 51.9 cm³/mol. The number of anilines is 1. The third-order valence-corrected chi connectivity index (χ3v) is 1.68. The Balaban J connectivity index is 2.28. The van der Waals surface area contributed by atoms with Crippen molar-refractivity contribution in [3.63, 3.8) is 0 Å². The van der Waals surface area contributed by atoms with Gasteiger partial charge in [-0.3, -0.25) is 4.98 Å². The first-order valence-electron chi connectivity index (χ1n) is 4.15. The summed E-state index contributed by atoms with van der Waals surface area (Å²) in [4.78, 5) is 7.88. The number of aromatic nitrogens is 2. The Morgan fingerprint density at radius 3 is 2.92 bits per heavy atom. The highest BCUT2D eigenvalue weighted by atomic mass is 35.5. The molecule has 0 aromatic carbocycles. The number of hydrogen-bond donors (Lipinski definition) is 2. The van der Waals surface area contributed by atoms with Crippen LogP contribution in [0.5, 0.6) is 0 Å². The summed E-state index contributed by atoms with van der Waals surface area (Å²) in [5.41, 5.74) is 0. The van der Waals surface area contributed by atoms with Gasteiger partial charge in [0.1, 0.15) is 11.0 Å². The fourth-order valence-electron chi connectivity index (χ4n) is 0.881. The van der Waals surface area contributed by atoms with Crippen LogP contribution < -0.4 is 5.32 Å². The Morgan fingerprint density at radius 1 is 1.38 bits per heavy atom. The van der Waals surface area contributed by atoms with Gasteiger partial charge < -0.3 is 10.4 Å². The lowest BCUT2D eigenvalue weighted by molar-refractivity contribution is 0.286. The molecule has 0 aliphatic carbocycles. The summed E-state index contributed by atoms with van der Waals surface area (Å²) < 4.78 is 0. The van der Waals surface area contributed by atoms with Gasteiger partial charge in [0.05, 0.1) is 12.4 Å². The van der Waals surface area contributed by atoms with Crippen molar-refractivity contribution >= 4 is 17.4 Å². The summed E-state index contributed by atoms with van der Waals surface area (Å²) in [5.74, 6) is 0.672. The van der Waals surface area contributed by atoms with Crippen LogP contribution in [0.3, 0.4) is 0 Å². The summed E-state index contributed by atoms with van der Waals surface area (Å²) >= 11 is 5.63. The summed E-state index contributed by atoms with van der Waals surface area (Å²) in [6.07, 6.45) is 4.80. The van der Waals surface area contributed by atoms with E-state index in [1.807, 2.05) is 0 Å². The molecule has 0 unspecified atom stereocenters. The van der Waals surface area contributed by atoms with Crippen molar-refractivity contribution in [3.05, 3.63) is 17.5 Å². The number of halogens is 1. The predicted octanol–water partition coefficient (Wildman–Crippen LogP) is 1.31. The normalized spacial score (nSPS) is 10.0. The molecule has 1 aromatic heterocycles. The van der Waals surface area contributed by atoms with Gasteiger partial charge in [-0.15, -0.1) is 0 Å². The largest absolute Gasteiger partial charge is 0.396 e. The number of aliphatic hydroxyl groups is 1. The molecule has 0 amide bonds. The average Bonchev–Trinajstić information content (AvgIpc) is 2.13. The maximum Gasteiger partial charge on any atom is 0.149 e. The van der Waals surface area contributed by atoms with E-state index in [9.17, 15) is 0 Å². The average molecular weight is 202 g/mol. The van der Waals surface area contributed by atoms with Crippen LogP contribution >= 0.6 is 11.6 Å². The number of rotatable bonds is 5. The van der Waals surface area contributed by atoms with Gasteiger partial charge in [0.15, 0.2) is 0 Å². The molecular weight excluding hydrogens is 190 g/mol. The molecule has 72 valence electrons. The first kappa shape index (κ1) is 10.2. The van der Waals surface area contributed by atoms with Crippen molar-refractivity contribution in [1.29, 1.82) is 0 Å². The third-order valence-electron chi connectivity index (χ3n) is 1.50. The van der Waals surface area contributed by atoms with E-state index in [0.717, 1.165) is 19.4 Å². The van der Waals surface area contributed by atoms with Gasteiger partial charge in [-0.25, -0.2) is 4.98 Å². The number of aliphatic hydroxyl groups excluding tert-OH is 1. The first-order chi connectivity index (χ1) is 6.33. The van der Waals surface area contributed by atoms with Gasteiger partial charge in [0.2, 0.25) is 0 Å². The van der Waals surface area contributed by atoms with Crippen LogP contribution in [0, 0.1) is 0 Å². The summed E-state index contributed by atoms with van der Waals surface area (Å²) in [6, 6.07) is 0. The van der Waals surface area contributed by atoms with Crippen molar-refractivity contribution in [3.8, 4) is 0 Å². The molecule has 1 aromatic rings. The molecule has 0 atom stereocenters. The molecule has 2 N–H and O–H groups in total. The monoisotopic (exact) mass is 201 g/mol. The third kappa shape index (κ3) is 4.05. The lowest BCUT2D eigenvalue weighted by Gasteiger charge is -2.03. The number of hydrogen-bond acceptors (Lipinski definition) is 4. The van der Waals surface area contributed by atoms with Gasteiger partial charge >= 0.3 is 0 Å². The Kier molecular flexibility index (Phi) is 4.49. The zero-order chi connectivity index (χ0) is 9.52. The van der Waals surface area contributed by atoms with E-state index in [4.69, 9.17) is 16.7 Å². The Morgan fingerprint density at radius 2 is 2.23 bits per heavy atom.